The van der Waals surface area contributed by atoms with Crippen molar-refractivity contribution in [3.8, 4) is 11.5 Å². The van der Waals surface area contributed by atoms with Crippen molar-refractivity contribution in [2.45, 2.75) is 19.4 Å². The van der Waals surface area contributed by atoms with Crippen LogP contribution in [0.1, 0.15) is 17.7 Å². The van der Waals surface area contributed by atoms with E-state index in [4.69, 9.17) is 9.47 Å². The molecule has 4 nitrogen and oxygen atoms in total. The highest BCUT2D eigenvalue weighted by atomic mass is 32.1. The molecule has 0 amide bonds. The third kappa shape index (κ3) is 3.29. The van der Waals surface area contributed by atoms with Gasteiger partial charge in [0.05, 0.1) is 24.4 Å². The molecule has 0 unspecified atom stereocenters. The van der Waals surface area contributed by atoms with Crippen LogP contribution in [-0.2, 0) is 13.0 Å². The van der Waals surface area contributed by atoms with Gasteiger partial charge >= 0.3 is 0 Å². The molecule has 5 heteroatoms. The standard InChI is InChI=1S/C15H18N2O2S/c1-3-12(9-16-6-5-13-10-20-11-17-13)15-14(4-1)18-7-2-8-19-15/h1,3-4,10-11,16H,2,5-9H2. The SMILES string of the molecule is c1cc(CNCCc2cscn2)c2c(c1)OCCCO2. The Hall–Kier alpha value is -1.59. The second-order valence-electron chi connectivity index (χ2n) is 4.70. The summed E-state index contributed by atoms with van der Waals surface area (Å²) in [7, 11) is 0. The molecule has 0 fully saturated rings. The highest BCUT2D eigenvalue weighted by Gasteiger charge is 2.13. The van der Waals surface area contributed by atoms with Crippen molar-refractivity contribution in [3.05, 3.63) is 40.3 Å². The lowest BCUT2D eigenvalue weighted by Crippen LogP contribution is -2.17. The molecule has 20 heavy (non-hydrogen) atoms. The number of para-hydroxylation sites is 1. The minimum atomic E-state index is 0.725. The van der Waals surface area contributed by atoms with Crippen LogP contribution in [0.3, 0.4) is 0 Å². The topological polar surface area (TPSA) is 43.4 Å². The van der Waals surface area contributed by atoms with Crippen LogP contribution in [0.5, 0.6) is 11.5 Å². The quantitative estimate of drug-likeness (QED) is 0.860. The second kappa shape index (κ2) is 6.72. The maximum absolute atomic E-state index is 5.81. The summed E-state index contributed by atoms with van der Waals surface area (Å²) in [6, 6.07) is 6.08. The summed E-state index contributed by atoms with van der Waals surface area (Å²) in [5.41, 5.74) is 4.18. The summed E-state index contributed by atoms with van der Waals surface area (Å²) in [5, 5.41) is 5.53. The first kappa shape index (κ1) is 13.4. The van der Waals surface area contributed by atoms with E-state index in [-0.39, 0.29) is 0 Å². The number of nitrogens with zero attached hydrogens (tertiary/aromatic N) is 1. The summed E-state index contributed by atoms with van der Waals surface area (Å²) in [6.07, 6.45) is 1.89. The molecule has 1 N–H and O–H groups in total. The van der Waals surface area contributed by atoms with Crippen LogP contribution in [-0.4, -0.2) is 24.7 Å². The van der Waals surface area contributed by atoms with Gasteiger partial charge < -0.3 is 14.8 Å². The summed E-state index contributed by atoms with van der Waals surface area (Å²) in [4.78, 5) is 4.28. The summed E-state index contributed by atoms with van der Waals surface area (Å²) >= 11 is 1.64. The van der Waals surface area contributed by atoms with Crippen molar-refractivity contribution >= 4 is 11.3 Å². The third-order valence-electron chi connectivity index (χ3n) is 3.21. The van der Waals surface area contributed by atoms with Crippen LogP contribution in [0.2, 0.25) is 0 Å². The molecule has 1 aromatic carbocycles. The number of fused-ring (bicyclic) bond motifs is 1. The monoisotopic (exact) mass is 290 g/mol. The van der Waals surface area contributed by atoms with Crippen molar-refractivity contribution in [2.24, 2.45) is 0 Å². The third-order valence-corrected chi connectivity index (χ3v) is 3.85. The summed E-state index contributed by atoms with van der Waals surface area (Å²) in [5.74, 6) is 1.76. The van der Waals surface area contributed by atoms with Gasteiger partial charge in [-0.1, -0.05) is 12.1 Å². The van der Waals surface area contributed by atoms with Crippen molar-refractivity contribution in [2.75, 3.05) is 19.8 Å². The van der Waals surface area contributed by atoms with Gasteiger partial charge in [-0.15, -0.1) is 11.3 Å². The minimum absolute atomic E-state index is 0.725. The first-order chi connectivity index (χ1) is 9.93. The summed E-state index contributed by atoms with van der Waals surface area (Å²) < 4.78 is 11.5. The van der Waals surface area contributed by atoms with E-state index in [2.05, 4.69) is 21.7 Å². The number of aromatic nitrogens is 1. The van der Waals surface area contributed by atoms with Gasteiger partial charge in [0.2, 0.25) is 0 Å². The predicted molar refractivity (Wildman–Crippen MR) is 79.6 cm³/mol. The molecule has 0 saturated heterocycles. The zero-order valence-corrected chi connectivity index (χ0v) is 12.1. The highest BCUT2D eigenvalue weighted by molar-refractivity contribution is 7.07. The molecule has 106 valence electrons. The van der Waals surface area contributed by atoms with Crippen LogP contribution in [0.4, 0.5) is 0 Å². The van der Waals surface area contributed by atoms with E-state index in [1.165, 1.54) is 0 Å². The Labute approximate surface area is 122 Å². The van der Waals surface area contributed by atoms with E-state index >= 15 is 0 Å². The normalized spacial score (nSPS) is 14.0. The molecule has 0 spiro atoms. The number of rotatable bonds is 5. The minimum Gasteiger partial charge on any atom is -0.490 e. The van der Waals surface area contributed by atoms with E-state index in [1.54, 1.807) is 11.3 Å². The Kier molecular flexibility index (Phi) is 4.50. The van der Waals surface area contributed by atoms with Gasteiger partial charge in [0.15, 0.2) is 11.5 Å². The number of nitrogens with one attached hydrogen (secondary N) is 1. The van der Waals surface area contributed by atoms with E-state index < -0.39 is 0 Å². The number of hydrogen-bond donors (Lipinski definition) is 1. The number of hydrogen-bond acceptors (Lipinski definition) is 5. The summed E-state index contributed by atoms with van der Waals surface area (Å²) in [6.45, 7) is 3.15. The smallest absolute Gasteiger partial charge is 0.165 e. The Morgan fingerprint density at radius 1 is 1.25 bits per heavy atom. The van der Waals surface area contributed by atoms with Gasteiger partial charge in [0.1, 0.15) is 0 Å². The molecule has 1 aliphatic heterocycles. The highest BCUT2D eigenvalue weighted by Crippen LogP contribution is 2.33. The van der Waals surface area contributed by atoms with Crippen LogP contribution < -0.4 is 14.8 Å². The molecule has 2 aromatic rings. The van der Waals surface area contributed by atoms with Gasteiger partial charge in [0.25, 0.3) is 0 Å². The molecule has 1 aliphatic rings. The van der Waals surface area contributed by atoms with E-state index in [0.29, 0.717) is 0 Å². The average Bonchev–Trinajstić information content (AvgIpc) is 2.87. The van der Waals surface area contributed by atoms with Crippen molar-refractivity contribution in [1.29, 1.82) is 0 Å². The average molecular weight is 290 g/mol. The maximum atomic E-state index is 5.81. The molecule has 3 rings (SSSR count). The first-order valence-electron chi connectivity index (χ1n) is 6.89. The fourth-order valence-electron chi connectivity index (χ4n) is 2.19. The molecule has 0 atom stereocenters. The molecule has 0 saturated carbocycles. The molecule has 0 aliphatic carbocycles. The number of ether oxygens (including phenoxy) is 2. The second-order valence-corrected chi connectivity index (χ2v) is 5.42. The molecule has 1 aromatic heterocycles. The van der Waals surface area contributed by atoms with Crippen LogP contribution in [0.15, 0.2) is 29.1 Å². The number of benzene rings is 1. The van der Waals surface area contributed by atoms with E-state index in [9.17, 15) is 0 Å². The van der Waals surface area contributed by atoms with E-state index in [1.807, 2.05) is 17.6 Å². The molecular weight excluding hydrogens is 272 g/mol. The largest absolute Gasteiger partial charge is 0.490 e. The van der Waals surface area contributed by atoms with Gasteiger partial charge in [-0.25, -0.2) is 4.98 Å². The van der Waals surface area contributed by atoms with Crippen LogP contribution in [0, 0.1) is 0 Å². The van der Waals surface area contributed by atoms with Gasteiger partial charge in [-0.3, -0.25) is 0 Å². The van der Waals surface area contributed by atoms with Gasteiger partial charge in [-0.2, -0.15) is 0 Å². The van der Waals surface area contributed by atoms with E-state index in [0.717, 1.165) is 61.9 Å². The lowest BCUT2D eigenvalue weighted by Gasteiger charge is -2.12. The van der Waals surface area contributed by atoms with Crippen molar-refractivity contribution in [3.63, 3.8) is 0 Å². The zero-order valence-electron chi connectivity index (χ0n) is 11.3. The lowest BCUT2D eigenvalue weighted by molar-refractivity contribution is 0.296. The van der Waals surface area contributed by atoms with Crippen LogP contribution in [0.25, 0.3) is 0 Å². The fourth-order valence-corrected chi connectivity index (χ4v) is 2.79. The fraction of sp³-hybridized carbons (Fsp3) is 0.400. The molecule has 2 heterocycles. The molecular formula is C15H18N2O2S. The first-order valence-corrected chi connectivity index (χ1v) is 7.83. The van der Waals surface area contributed by atoms with Crippen molar-refractivity contribution < 1.29 is 9.47 Å². The Bertz CT molecular complexity index is 543. The van der Waals surface area contributed by atoms with Gasteiger partial charge in [0, 0.05) is 36.9 Å². The predicted octanol–water partition coefficient (Wildman–Crippen LogP) is 2.64. The molecule has 0 radical (unpaired) electrons. The van der Waals surface area contributed by atoms with Crippen LogP contribution >= 0.6 is 11.3 Å². The Balaban J connectivity index is 1.57. The van der Waals surface area contributed by atoms with Crippen molar-refractivity contribution in [1.82, 2.24) is 10.3 Å². The molecule has 0 bridgehead atoms. The lowest BCUT2D eigenvalue weighted by atomic mass is 10.2. The Morgan fingerprint density at radius 2 is 2.20 bits per heavy atom. The van der Waals surface area contributed by atoms with Gasteiger partial charge in [-0.05, 0) is 6.07 Å². The zero-order chi connectivity index (χ0) is 13.6. The Morgan fingerprint density at radius 3 is 3.10 bits per heavy atom. The maximum Gasteiger partial charge on any atom is 0.165 e. The number of thiazole rings is 1.